The van der Waals surface area contributed by atoms with E-state index in [9.17, 15) is 18.0 Å². The predicted molar refractivity (Wildman–Crippen MR) is 73.5 cm³/mol. The van der Waals surface area contributed by atoms with Crippen LogP contribution in [0.2, 0.25) is 0 Å². The summed E-state index contributed by atoms with van der Waals surface area (Å²) in [7, 11) is 0. The summed E-state index contributed by atoms with van der Waals surface area (Å²) in [5.74, 6) is 1.03. The Hall–Kier alpha value is -2.45. The number of halogens is 3. The fraction of sp³-hybridized carbons (Fsp3) is 0.429. The van der Waals surface area contributed by atoms with Gasteiger partial charge in [0.05, 0.1) is 11.6 Å². The van der Waals surface area contributed by atoms with Crippen molar-refractivity contribution in [1.29, 1.82) is 0 Å². The molecule has 0 radical (unpaired) electrons. The molecule has 1 amide bonds. The summed E-state index contributed by atoms with van der Waals surface area (Å²) < 4.78 is 39.3. The third kappa shape index (κ3) is 3.03. The quantitative estimate of drug-likeness (QED) is 0.938. The average molecular weight is 325 g/mol. The third-order valence-electron chi connectivity index (χ3n) is 3.69. The van der Waals surface area contributed by atoms with Gasteiger partial charge in [0.15, 0.2) is 5.82 Å². The van der Waals surface area contributed by atoms with E-state index in [1.165, 1.54) is 0 Å². The maximum Gasteiger partial charge on any atom is 0.433 e. The van der Waals surface area contributed by atoms with E-state index in [0.29, 0.717) is 5.82 Å². The molecule has 1 aliphatic heterocycles. The van der Waals surface area contributed by atoms with Crippen molar-refractivity contribution in [2.45, 2.75) is 38.5 Å². The lowest BCUT2D eigenvalue weighted by molar-refractivity contribution is -0.141. The first kappa shape index (κ1) is 15.4. The fourth-order valence-electron chi connectivity index (χ4n) is 2.53. The predicted octanol–water partition coefficient (Wildman–Crippen LogP) is 2.13. The molecule has 6 nitrogen and oxygen atoms in total. The summed E-state index contributed by atoms with van der Waals surface area (Å²) >= 11 is 0. The summed E-state index contributed by atoms with van der Waals surface area (Å²) in [6, 6.07) is 1.49. The van der Waals surface area contributed by atoms with Crippen molar-refractivity contribution < 1.29 is 18.0 Å². The topological polar surface area (TPSA) is 72.7 Å². The third-order valence-corrected chi connectivity index (χ3v) is 3.69. The highest BCUT2D eigenvalue weighted by molar-refractivity contribution is 5.94. The molecule has 2 aromatic rings. The number of hydrogen-bond donors (Lipinski definition) is 1. The average Bonchev–Trinajstić information content (AvgIpc) is 3.09. The number of nitrogens with one attached hydrogen (secondary N) is 1. The van der Waals surface area contributed by atoms with E-state index in [-0.39, 0.29) is 5.56 Å². The zero-order chi connectivity index (χ0) is 16.6. The van der Waals surface area contributed by atoms with Crippen LogP contribution >= 0.6 is 0 Å². The monoisotopic (exact) mass is 325 g/mol. The van der Waals surface area contributed by atoms with Gasteiger partial charge in [-0.15, -0.1) is 10.2 Å². The minimum Gasteiger partial charge on any atom is -0.342 e. The first-order chi connectivity index (χ1) is 10.9. The van der Waals surface area contributed by atoms with Crippen molar-refractivity contribution in [3.05, 3.63) is 41.2 Å². The van der Waals surface area contributed by atoms with Crippen LogP contribution in [0.3, 0.4) is 0 Å². The standard InChI is InChI=1S/C14H14F3N5O/c1-8(12-21-20-11-3-2-6-22(11)12)19-13(23)9-4-5-10(18-7-9)14(15,16)17/h4-5,7-8H,2-3,6H2,1H3,(H,19,23)/t8-/m0/s1. The number of pyridine rings is 1. The molecule has 122 valence electrons. The number of aryl methyl sites for hydroxylation is 1. The number of fused-ring (bicyclic) bond motifs is 1. The van der Waals surface area contributed by atoms with Crippen molar-refractivity contribution in [3.8, 4) is 0 Å². The molecule has 9 heteroatoms. The van der Waals surface area contributed by atoms with Gasteiger partial charge >= 0.3 is 6.18 Å². The number of carbonyl (C=O) groups is 1. The van der Waals surface area contributed by atoms with Crippen LogP contribution in [0.15, 0.2) is 18.3 Å². The second kappa shape index (κ2) is 5.64. The van der Waals surface area contributed by atoms with Crippen LogP contribution in [0.5, 0.6) is 0 Å². The van der Waals surface area contributed by atoms with Gasteiger partial charge in [-0.1, -0.05) is 0 Å². The molecule has 0 saturated heterocycles. The van der Waals surface area contributed by atoms with Gasteiger partial charge in [0.1, 0.15) is 11.5 Å². The molecule has 3 heterocycles. The summed E-state index contributed by atoms with van der Waals surface area (Å²) in [6.07, 6.45) is -1.76. The number of carbonyl (C=O) groups excluding carboxylic acids is 1. The molecule has 1 atom stereocenters. The largest absolute Gasteiger partial charge is 0.433 e. The molecule has 0 unspecified atom stereocenters. The number of alkyl halides is 3. The maximum absolute atomic E-state index is 12.5. The lowest BCUT2D eigenvalue weighted by atomic mass is 10.2. The maximum atomic E-state index is 12.5. The van der Waals surface area contributed by atoms with E-state index in [2.05, 4.69) is 20.5 Å². The molecule has 1 N–H and O–H groups in total. The molecule has 1 aliphatic rings. The van der Waals surface area contributed by atoms with E-state index >= 15 is 0 Å². The molecule has 0 saturated carbocycles. The zero-order valence-electron chi connectivity index (χ0n) is 12.3. The Labute approximate surface area is 129 Å². The fourth-order valence-corrected chi connectivity index (χ4v) is 2.53. The van der Waals surface area contributed by atoms with Crippen molar-refractivity contribution in [2.75, 3.05) is 0 Å². The second-order valence-corrected chi connectivity index (χ2v) is 5.35. The van der Waals surface area contributed by atoms with Gasteiger partial charge in [0.2, 0.25) is 0 Å². The molecule has 0 bridgehead atoms. The van der Waals surface area contributed by atoms with Gasteiger partial charge in [0, 0.05) is 19.2 Å². The lowest BCUT2D eigenvalue weighted by Gasteiger charge is -2.14. The van der Waals surface area contributed by atoms with E-state index in [1.54, 1.807) is 6.92 Å². The molecular formula is C14H14F3N5O. The Morgan fingerprint density at radius 1 is 1.35 bits per heavy atom. The minimum atomic E-state index is -4.52. The van der Waals surface area contributed by atoms with Crippen LogP contribution in [-0.2, 0) is 19.1 Å². The van der Waals surface area contributed by atoms with E-state index in [0.717, 1.165) is 43.5 Å². The van der Waals surface area contributed by atoms with Gasteiger partial charge in [-0.25, -0.2) is 0 Å². The van der Waals surface area contributed by atoms with Crippen LogP contribution in [0.1, 0.15) is 47.1 Å². The number of aromatic nitrogens is 4. The second-order valence-electron chi connectivity index (χ2n) is 5.35. The van der Waals surface area contributed by atoms with Gasteiger partial charge < -0.3 is 9.88 Å². The van der Waals surface area contributed by atoms with E-state index in [1.807, 2.05) is 4.57 Å². The lowest BCUT2D eigenvalue weighted by Crippen LogP contribution is -2.29. The Morgan fingerprint density at radius 3 is 2.78 bits per heavy atom. The van der Waals surface area contributed by atoms with Crippen LogP contribution in [0.4, 0.5) is 13.2 Å². The number of nitrogens with zero attached hydrogens (tertiary/aromatic N) is 4. The van der Waals surface area contributed by atoms with Crippen LogP contribution in [0, 0.1) is 0 Å². The highest BCUT2D eigenvalue weighted by Gasteiger charge is 2.32. The molecule has 23 heavy (non-hydrogen) atoms. The Kier molecular flexibility index (Phi) is 3.78. The Bertz CT molecular complexity index is 723. The SMILES string of the molecule is C[C@H](NC(=O)c1ccc(C(F)(F)F)nc1)c1nnc2n1CCC2. The highest BCUT2D eigenvalue weighted by atomic mass is 19.4. The molecule has 0 spiro atoms. The summed E-state index contributed by atoms with van der Waals surface area (Å²) in [5.41, 5.74) is -0.969. The van der Waals surface area contributed by atoms with E-state index in [4.69, 9.17) is 0 Å². The zero-order valence-corrected chi connectivity index (χ0v) is 12.3. The van der Waals surface area contributed by atoms with Crippen LogP contribution in [0.25, 0.3) is 0 Å². The van der Waals surface area contributed by atoms with Crippen molar-refractivity contribution >= 4 is 5.91 Å². The molecule has 2 aromatic heterocycles. The van der Waals surface area contributed by atoms with Gasteiger partial charge in [-0.05, 0) is 25.5 Å². The molecular weight excluding hydrogens is 311 g/mol. The van der Waals surface area contributed by atoms with Gasteiger partial charge in [0.25, 0.3) is 5.91 Å². The summed E-state index contributed by atoms with van der Waals surface area (Å²) in [5, 5.41) is 10.8. The van der Waals surface area contributed by atoms with E-state index < -0.39 is 23.8 Å². The molecule has 3 rings (SSSR count). The smallest absolute Gasteiger partial charge is 0.342 e. The van der Waals surface area contributed by atoms with Crippen molar-refractivity contribution in [2.24, 2.45) is 0 Å². The number of hydrogen-bond acceptors (Lipinski definition) is 4. The van der Waals surface area contributed by atoms with Crippen LogP contribution in [-0.4, -0.2) is 25.7 Å². The Morgan fingerprint density at radius 2 is 2.13 bits per heavy atom. The van der Waals surface area contributed by atoms with Gasteiger partial charge in [-0.2, -0.15) is 13.2 Å². The first-order valence-electron chi connectivity index (χ1n) is 7.12. The highest BCUT2D eigenvalue weighted by Crippen LogP contribution is 2.27. The molecule has 0 aromatic carbocycles. The summed E-state index contributed by atoms with van der Waals surface area (Å²) in [6.45, 7) is 2.56. The normalized spacial score (nSPS) is 15.3. The van der Waals surface area contributed by atoms with Crippen molar-refractivity contribution in [3.63, 3.8) is 0 Å². The summed E-state index contributed by atoms with van der Waals surface area (Å²) in [4.78, 5) is 15.4. The van der Waals surface area contributed by atoms with Crippen LogP contribution < -0.4 is 5.32 Å². The minimum absolute atomic E-state index is 0.0611. The molecule has 0 fully saturated rings. The number of amides is 1. The molecule has 0 aliphatic carbocycles. The number of rotatable bonds is 3. The van der Waals surface area contributed by atoms with Gasteiger partial charge in [-0.3, -0.25) is 9.78 Å². The first-order valence-corrected chi connectivity index (χ1v) is 7.12. The Balaban J connectivity index is 1.71. The van der Waals surface area contributed by atoms with Crippen molar-refractivity contribution in [1.82, 2.24) is 25.1 Å².